The van der Waals surface area contributed by atoms with E-state index in [-0.39, 0.29) is 5.91 Å². The van der Waals surface area contributed by atoms with Crippen LogP contribution in [0.4, 0.5) is 5.69 Å². The predicted molar refractivity (Wildman–Crippen MR) is 67.1 cm³/mol. The van der Waals surface area contributed by atoms with Crippen molar-refractivity contribution in [3.05, 3.63) is 41.5 Å². The molecule has 0 unspecified atom stereocenters. The predicted octanol–water partition coefficient (Wildman–Crippen LogP) is 2.96. The van der Waals surface area contributed by atoms with Crippen LogP contribution in [0.5, 0.6) is 0 Å². The molecule has 0 aliphatic carbocycles. The lowest BCUT2D eigenvalue weighted by Crippen LogP contribution is -2.12. The molecule has 2 heteroatoms. The number of terminal acetylenes is 1. The number of hydrogen-bond donors (Lipinski definition) is 1. The Morgan fingerprint density at radius 2 is 2.31 bits per heavy atom. The van der Waals surface area contributed by atoms with Crippen LogP contribution in [-0.4, -0.2) is 5.91 Å². The smallest absolute Gasteiger partial charge is 0.250 e. The first-order valence-electron chi connectivity index (χ1n) is 5.22. The third kappa shape index (κ3) is 3.29. The highest BCUT2D eigenvalue weighted by Gasteiger charge is 2.03. The van der Waals surface area contributed by atoms with Gasteiger partial charge < -0.3 is 5.32 Å². The maximum atomic E-state index is 11.7. The highest BCUT2D eigenvalue weighted by atomic mass is 16.1. The van der Waals surface area contributed by atoms with Gasteiger partial charge in [0.2, 0.25) is 0 Å². The van der Waals surface area contributed by atoms with Crippen LogP contribution in [0.3, 0.4) is 0 Å². The molecule has 0 aliphatic rings. The van der Waals surface area contributed by atoms with Crippen molar-refractivity contribution in [2.45, 2.75) is 20.3 Å². The minimum Gasteiger partial charge on any atom is -0.322 e. The minimum absolute atomic E-state index is 0.0870. The van der Waals surface area contributed by atoms with Gasteiger partial charge in [-0.15, -0.1) is 6.42 Å². The zero-order valence-corrected chi connectivity index (χ0v) is 9.58. The number of carbonyl (C=O) groups is 1. The van der Waals surface area contributed by atoms with Crippen LogP contribution in [0, 0.1) is 12.3 Å². The molecule has 0 bridgehead atoms. The van der Waals surface area contributed by atoms with Crippen molar-refractivity contribution in [3.8, 4) is 12.3 Å². The van der Waals surface area contributed by atoms with Gasteiger partial charge in [0.25, 0.3) is 5.91 Å². The molecule has 0 saturated carbocycles. The summed E-state index contributed by atoms with van der Waals surface area (Å²) in [4.78, 5) is 11.7. The van der Waals surface area contributed by atoms with Crippen molar-refractivity contribution in [1.82, 2.24) is 0 Å². The maximum absolute atomic E-state index is 11.7. The fourth-order valence-electron chi connectivity index (χ4n) is 1.32. The fourth-order valence-corrected chi connectivity index (χ4v) is 1.32. The molecule has 0 atom stereocenters. The molecule has 0 fully saturated rings. The Morgan fingerprint density at radius 1 is 1.56 bits per heavy atom. The van der Waals surface area contributed by atoms with E-state index in [9.17, 15) is 4.79 Å². The number of nitrogens with one attached hydrogen (secondary N) is 1. The average molecular weight is 213 g/mol. The molecular formula is C14H15NO. The van der Waals surface area contributed by atoms with Crippen LogP contribution < -0.4 is 5.32 Å². The van der Waals surface area contributed by atoms with E-state index in [1.807, 2.05) is 31.2 Å². The number of carbonyl (C=O) groups excluding carboxylic acids is 1. The summed E-state index contributed by atoms with van der Waals surface area (Å²) in [5.41, 5.74) is 2.20. The summed E-state index contributed by atoms with van der Waals surface area (Å²) in [6.07, 6.45) is 8.02. The first kappa shape index (κ1) is 12.1. The van der Waals surface area contributed by atoms with Gasteiger partial charge in [-0.1, -0.05) is 25.0 Å². The molecule has 82 valence electrons. The lowest BCUT2D eigenvalue weighted by Gasteiger charge is -2.05. The molecule has 0 aliphatic heterocycles. The highest BCUT2D eigenvalue weighted by molar-refractivity contribution is 6.03. The summed E-state index contributed by atoms with van der Waals surface area (Å²) >= 11 is 0. The lowest BCUT2D eigenvalue weighted by molar-refractivity contribution is -0.112. The Hall–Kier alpha value is -2.01. The first-order valence-corrected chi connectivity index (χ1v) is 5.22. The third-order valence-corrected chi connectivity index (χ3v) is 2.16. The van der Waals surface area contributed by atoms with Crippen LogP contribution in [0.15, 0.2) is 35.9 Å². The molecule has 16 heavy (non-hydrogen) atoms. The Labute approximate surface area is 96.4 Å². The Bertz CT molecular complexity index is 452. The number of amides is 1. The minimum atomic E-state index is -0.0870. The van der Waals surface area contributed by atoms with Gasteiger partial charge in [0.15, 0.2) is 0 Å². The fraction of sp³-hybridized carbons (Fsp3) is 0.214. The van der Waals surface area contributed by atoms with Gasteiger partial charge in [-0.3, -0.25) is 4.79 Å². The summed E-state index contributed by atoms with van der Waals surface area (Å²) in [7, 11) is 0. The lowest BCUT2D eigenvalue weighted by atomic mass is 10.2. The molecule has 0 aromatic heterocycles. The third-order valence-electron chi connectivity index (χ3n) is 2.16. The second-order valence-electron chi connectivity index (χ2n) is 3.47. The molecule has 1 N–H and O–H groups in total. The molecule has 0 radical (unpaired) electrons. The van der Waals surface area contributed by atoms with E-state index in [0.717, 1.165) is 17.7 Å². The topological polar surface area (TPSA) is 29.1 Å². The molecule has 1 aromatic carbocycles. The van der Waals surface area contributed by atoms with E-state index >= 15 is 0 Å². The monoisotopic (exact) mass is 213 g/mol. The van der Waals surface area contributed by atoms with E-state index in [0.29, 0.717) is 5.57 Å². The van der Waals surface area contributed by atoms with E-state index in [2.05, 4.69) is 11.2 Å². The van der Waals surface area contributed by atoms with E-state index < -0.39 is 0 Å². The SMILES string of the molecule is C#Cc1cccc(NC(=O)/C(C)=C/CC)c1. The van der Waals surface area contributed by atoms with Crippen molar-refractivity contribution in [2.24, 2.45) is 0 Å². The molecule has 0 spiro atoms. The standard InChI is InChI=1S/C14H15NO/c1-4-7-11(3)14(16)15-13-9-6-8-12(5-2)10-13/h2,6-10H,4H2,1,3H3,(H,15,16)/b11-7+. The molecule has 0 saturated heterocycles. The van der Waals surface area contributed by atoms with Crippen molar-refractivity contribution < 1.29 is 4.79 Å². The number of rotatable bonds is 3. The average Bonchev–Trinajstić information content (AvgIpc) is 2.29. The zero-order valence-electron chi connectivity index (χ0n) is 9.58. The van der Waals surface area contributed by atoms with Crippen molar-refractivity contribution >= 4 is 11.6 Å². The van der Waals surface area contributed by atoms with Gasteiger partial charge >= 0.3 is 0 Å². The summed E-state index contributed by atoms with van der Waals surface area (Å²) < 4.78 is 0. The first-order chi connectivity index (χ1) is 7.67. The number of allylic oxidation sites excluding steroid dienone is 1. The Morgan fingerprint density at radius 3 is 2.94 bits per heavy atom. The van der Waals surface area contributed by atoms with Crippen molar-refractivity contribution in [2.75, 3.05) is 5.32 Å². The summed E-state index contributed by atoms with van der Waals surface area (Å²) in [5, 5.41) is 2.80. The van der Waals surface area contributed by atoms with Gasteiger partial charge in [0.1, 0.15) is 0 Å². The molecule has 2 nitrogen and oxygen atoms in total. The van der Waals surface area contributed by atoms with Gasteiger partial charge in [0, 0.05) is 16.8 Å². The number of anilines is 1. The van der Waals surface area contributed by atoms with E-state index in [1.54, 1.807) is 13.0 Å². The number of hydrogen-bond acceptors (Lipinski definition) is 1. The van der Waals surface area contributed by atoms with E-state index in [4.69, 9.17) is 6.42 Å². The second kappa shape index (κ2) is 5.77. The largest absolute Gasteiger partial charge is 0.322 e. The van der Waals surface area contributed by atoms with Gasteiger partial charge in [-0.25, -0.2) is 0 Å². The highest BCUT2D eigenvalue weighted by Crippen LogP contribution is 2.11. The van der Waals surface area contributed by atoms with Gasteiger partial charge in [-0.2, -0.15) is 0 Å². The summed E-state index contributed by atoms with van der Waals surface area (Å²) in [6, 6.07) is 7.24. The quantitative estimate of drug-likeness (QED) is 0.607. The molecular weight excluding hydrogens is 198 g/mol. The summed E-state index contributed by atoms with van der Waals surface area (Å²) in [5.74, 6) is 2.44. The van der Waals surface area contributed by atoms with Crippen molar-refractivity contribution in [1.29, 1.82) is 0 Å². The summed E-state index contributed by atoms with van der Waals surface area (Å²) in [6.45, 7) is 3.79. The van der Waals surface area contributed by atoms with Crippen LogP contribution in [0.25, 0.3) is 0 Å². The van der Waals surface area contributed by atoms with Crippen LogP contribution >= 0.6 is 0 Å². The zero-order chi connectivity index (χ0) is 12.0. The van der Waals surface area contributed by atoms with Crippen molar-refractivity contribution in [3.63, 3.8) is 0 Å². The number of benzene rings is 1. The Balaban J connectivity index is 2.78. The van der Waals surface area contributed by atoms with Crippen LogP contribution in [0.2, 0.25) is 0 Å². The maximum Gasteiger partial charge on any atom is 0.250 e. The molecule has 0 heterocycles. The molecule has 1 amide bonds. The molecule has 1 aromatic rings. The van der Waals surface area contributed by atoms with Crippen LogP contribution in [0.1, 0.15) is 25.8 Å². The van der Waals surface area contributed by atoms with Gasteiger partial charge in [0.05, 0.1) is 0 Å². The molecule has 1 rings (SSSR count). The van der Waals surface area contributed by atoms with Crippen LogP contribution in [-0.2, 0) is 4.79 Å². The normalized spacial score (nSPS) is 10.7. The van der Waals surface area contributed by atoms with E-state index in [1.165, 1.54) is 0 Å². The Kier molecular flexibility index (Phi) is 4.35. The van der Waals surface area contributed by atoms with Gasteiger partial charge in [-0.05, 0) is 31.5 Å². The second-order valence-corrected chi connectivity index (χ2v) is 3.47.